The van der Waals surface area contributed by atoms with Crippen LogP contribution in [0.2, 0.25) is 0 Å². The molecule has 1 nitrogen and oxygen atoms in total. The summed E-state index contributed by atoms with van der Waals surface area (Å²) in [5.41, 5.74) is 4.92. The van der Waals surface area contributed by atoms with E-state index in [1.807, 2.05) is 12.1 Å². The van der Waals surface area contributed by atoms with Crippen molar-refractivity contribution in [3.05, 3.63) is 70.8 Å². The van der Waals surface area contributed by atoms with Gasteiger partial charge in [0.2, 0.25) is 0 Å². The molecule has 0 saturated heterocycles. The highest BCUT2D eigenvalue weighted by Crippen LogP contribution is 2.12. The third kappa shape index (κ3) is 3.98. The van der Waals surface area contributed by atoms with Crippen molar-refractivity contribution in [1.82, 2.24) is 0 Å². The molecule has 0 bridgehead atoms. The summed E-state index contributed by atoms with van der Waals surface area (Å²) < 4.78 is 0. The van der Waals surface area contributed by atoms with Gasteiger partial charge in [-0.15, -0.1) is 6.42 Å². The molecular weight excluding hydrogens is 232 g/mol. The van der Waals surface area contributed by atoms with Crippen LogP contribution in [0.25, 0.3) is 0 Å². The maximum absolute atomic E-state index is 9.41. The molecule has 0 aliphatic heterocycles. The van der Waals surface area contributed by atoms with Crippen LogP contribution in [0.4, 0.5) is 0 Å². The molecule has 0 spiro atoms. The van der Waals surface area contributed by atoms with E-state index in [-0.39, 0.29) is 0 Å². The summed E-state index contributed by atoms with van der Waals surface area (Å²) in [5.74, 6) is 2.33. The monoisotopic (exact) mass is 250 g/mol. The van der Waals surface area contributed by atoms with Gasteiger partial charge >= 0.3 is 0 Å². The van der Waals surface area contributed by atoms with Crippen LogP contribution < -0.4 is 0 Å². The third-order valence-electron chi connectivity index (χ3n) is 3.17. The molecule has 0 heterocycles. The second kappa shape index (κ2) is 6.22. The quantitative estimate of drug-likeness (QED) is 0.827. The van der Waals surface area contributed by atoms with Gasteiger partial charge in [0.25, 0.3) is 0 Å². The molecule has 2 aromatic rings. The van der Waals surface area contributed by atoms with Crippen LogP contribution in [0, 0.1) is 19.3 Å². The first-order chi connectivity index (χ1) is 9.17. The third-order valence-corrected chi connectivity index (χ3v) is 3.17. The molecule has 19 heavy (non-hydrogen) atoms. The number of terminal acetylenes is 1. The van der Waals surface area contributed by atoms with E-state index < -0.39 is 6.10 Å². The molecule has 0 radical (unpaired) electrons. The highest BCUT2D eigenvalue weighted by Gasteiger charge is 2.02. The van der Waals surface area contributed by atoms with Gasteiger partial charge in [-0.3, -0.25) is 0 Å². The van der Waals surface area contributed by atoms with E-state index in [2.05, 4.69) is 49.2 Å². The first-order valence-corrected chi connectivity index (χ1v) is 6.45. The van der Waals surface area contributed by atoms with Gasteiger partial charge in [0.15, 0.2) is 0 Å². The largest absolute Gasteiger partial charge is 0.380 e. The molecule has 0 aromatic heterocycles. The molecule has 1 unspecified atom stereocenters. The van der Waals surface area contributed by atoms with E-state index in [4.69, 9.17) is 6.42 Å². The molecule has 1 atom stereocenters. The first-order valence-electron chi connectivity index (χ1n) is 6.45. The van der Waals surface area contributed by atoms with Crippen LogP contribution >= 0.6 is 0 Å². The van der Waals surface area contributed by atoms with Crippen molar-refractivity contribution in [2.75, 3.05) is 0 Å². The number of aliphatic hydroxyl groups is 1. The molecule has 96 valence electrons. The molecule has 1 heteroatoms. The van der Waals surface area contributed by atoms with Gasteiger partial charge in [-0.2, -0.15) is 0 Å². The van der Waals surface area contributed by atoms with Crippen molar-refractivity contribution < 1.29 is 5.11 Å². The summed E-state index contributed by atoms with van der Waals surface area (Å²) in [6, 6.07) is 16.8. The van der Waals surface area contributed by atoms with E-state index in [1.165, 1.54) is 16.7 Å². The fourth-order valence-electron chi connectivity index (χ4n) is 2.02. The molecule has 1 N–H and O–H groups in total. The Morgan fingerprint density at radius 1 is 0.947 bits per heavy atom. The van der Waals surface area contributed by atoms with Crippen molar-refractivity contribution in [3.63, 3.8) is 0 Å². The number of rotatable bonds is 4. The summed E-state index contributed by atoms with van der Waals surface area (Å²) in [6.45, 7) is 2.09. The van der Waals surface area contributed by atoms with Crippen LogP contribution in [0.1, 0.15) is 22.3 Å². The Morgan fingerprint density at radius 2 is 1.42 bits per heavy atom. The molecule has 0 saturated carbocycles. The highest BCUT2D eigenvalue weighted by molar-refractivity contribution is 5.30. The standard InChI is InChI=1S/C18H18O/c1-3-18(19)13-17-10-8-16(9-11-17)12-15-6-4-14(2)5-7-15/h1,4-11,18-19H,12-13H2,2H3. The Labute approximate surface area is 114 Å². The molecule has 0 aliphatic carbocycles. The van der Waals surface area contributed by atoms with Crippen LogP contribution in [0.3, 0.4) is 0 Å². The van der Waals surface area contributed by atoms with Crippen LogP contribution in [0.5, 0.6) is 0 Å². The Bertz CT molecular complexity index is 558. The zero-order chi connectivity index (χ0) is 13.7. The van der Waals surface area contributed by atoms with Gasteiger partial charge in [-0.25, -0.2) is 0 Å². The van der Waals surface area contributed by atoms with Gasteiger partial charge < -0.3 is 5.11 Å². The summed E-state index contributed by atoms with van der Waals surface area (Å²) in [6.07, 6.45) is 5.92. The number of aliphatic hydroxyl groups excluding tert-OH is 1. The minimum absolute atomic E-state index is 0.515. The van der Waals surface area contributed by atoms with E-state index in [0.29, 0.717) is 6.42 Å². The van der Waals surface area contributed by atoms with Crippen molar-refractivity contribution in [2.24, 2.45) is 0 Å². The topological polar surface area (TPSA) is 20.2 Å². The minimum atomic E-state index is -0.692. The van der Waals surface area contributed by atoms with E-state index in [9.17, 15) is 5.11 Å². The minimum Gasteiger partial charge on any atom is -0.380 e. The molecule has 2 aromatic carbocycles. The molecule has 0 amide bonds. The second-order valence-corrected chi connectivity index (χ2v) is 4.87. The van der Waals surface area contributed by atoms with Gasteiger partial charge in [-0.05, 0) is 30.0 Å². The predicted molar refractivity (Wildman–Crippen MR) is 79.0 cm³/mol. The Kier molecular flexibility index (Phi) is 4.39. The Balaban J connectivity index is 2.02. The van der Waals surface area contributed by atoms with Crippen molar-refractivity contribution in [2.45, 2.75) is 25.9 Å². The zero-order valence-corrected chi connectivity index (χ0v) is 11.1. The average molecular weight is 250 g/mol. The number of hydrogen-bond donors (Lipinski definition) is 1. The number of benzene rings is 2. The highest BCUT2D eigenvalue weighted by atomic mass is 16.3. The smallest absolute Gasteiger partial charge is 0.118 e. The van der Waals surface area contributed by atoms with E-state index in [1.54, 1.807) is 0 Å². The molecule has 0 aliphatic rings. The SMILES string of the molecule is C#CC(O)Cc1ccc(Cc2ccc(C)cc2)cc1. The van der Waals surface area contributed by atoms with Crippen LogP contribution in [0.15, 0.2) is 48.5 Å². The summed E-state index contributed by atoms with van der Waals surface area (Å²) in [4.78, 5) is 0. The van der Waals surface area contributed by atoms with E-state index >= 15 is 0 Å². The van der Waals surface area contributed by atoms with Crippen molar-refractivity contribution >= 4 is 0 Å². The zero-order valence-electron chi connectivity index (χ0n) is 11.1. The van der Waals surface area contributed by atoms with Crippen molar-refractivity contribution in [1.29, 1.82) is 0 Å². The lowest BCUT2D eigenvalue weighted by Crippen LogP contribution is -2.06. The average Bonchev–Trinajstić information content (AvgIpc) is 2.43. The Morgan fingerprint density at radius 3 is 1.95 bits per heavy atom. The van der Waals surface area contributed by atoms with Crippen LogP contribution in [-0.4, -0.2) is 11.2 Å². The fraction of sp³-hybridized carbons (Fsp3) is 0.222. The molecule has 2 rings (SSSR count). The van der Waals surface area contributed by atoms with Gasteiger partial charge in [-0.1, -0.05) is 60.0 Å². The predicted octanol–water partition coefficient (Wildman–Crippen LogP) is 3.12. The second-order valence-electron chi connectivity index (χ2n) is 4.87. The summed E-state index contributed by atoms with van der Waals surface area (Å²) >= 11 is 0. The Hall–Kier alpha value is -2.04. The first kappa shape index (κ1) is 13.4. The lowest BCUT2D eigenvalue weighted by Gasteiger charge is -2.06. The van der Waals surface area contributed by atoms with Gasteiger partial charge in [0.1, 0.15) is 6.10 Å². The maximum Gasteiger partial charge on any atom is 0.118 e. The van der Waals surface area contributed by atoms with Crippen LogP contribution in [-0.2, 0) is 12.8 Å². The molecule has 0 fully saturated rings. The maximum atomic E-state index is 9.41. The number of aryl methyl sites for hydroxylation is 1. The van der Waals surface area contributed by atoms with Gasteiger partial charge in [0, 0.05) is 6.42 Å². The lowest BCUT2D eigenvalue weighted by atomic mass is 10.0. The lowest BCUT2D eigenvalue weighted by molar-refractivity contribution is 0.233. The van der Waals surface area contributed by atoms with Gasteiger partial charge in [0.05, 0.1) is 0 Å². The van der Waals surface area contributed by atoms with Crippen molar-refractivity contribution in [3.8, 4) is 12.3 Å². The number of hydrogen-bond acceptors (Lipinski definition) is 1. The van der Waals surface area contributed by atoms with E-state index in [0.717, 1.165) is 12.0 Å². The summed E-state index contributed by atoms with van der Waals surface area (Å²) in [5, 5.41) is 9.41. The molecular formula is C18H18O. The fourth-order valence-corrected chi connectivity index (χ4v) is 2.02. The normalized spacial score (nSPS) is 11.8. The summed E-state index contributed by atoms with van der Waals surface area (Å²) in [7, 11) is 0.